The molecule has 148 valence electrons. The van der Waals surface area contributed by atoms with Crippen molar-refractivity contribution in [3.8, 4) is 0 Å². The van der Waals surface area contributed by atoms with Crippen LogP contribution in [-0.4, -0.2) is 61.8 Å². The molecule has 0 aliphatic carbocycles. The third kappa shape index (κ3) is 3.33. The predicted octanol–water partition coefficient (Wildman–Crippen LogP) is 0.785. The molecule has 0 radical (unpaired) electrons. The van der Waals surface area contributed by atoms with Crippen LogP contribution in [0.3, 0.4) is 0 Å². The zero-order valence-electron chi connectivity index (χ0n) is 15.1. The maximum atomic E-state index is 12.5. The number of benzene rings is 1. The third-order valence-corrected chi connectivity index (χ3v) is 4.93. The molecule has 4 atom stereocenters. The van der Waals surface area contributed by atoms with Crippen LogP contribution in [0.15, 0.2) is 35.3 Å². The quantitative estimate of drug-likeness (QED) is 0.598. The molecule has 2 aliphatic rings. The van der Waals surface area contributed by atoms with Crippen molar-refractivity contribution in [1.29, 1.82) is 0 Å². The Morgan fingerprint density at radius 3 is 2.71 bits per heavy atom. The molecule has 0 bridgehead atoms. The van der Waals surface area contributed by atoms with E-state index in [1.165, 1.54) is 4.57 Å². The van der Waals surface area contributed by atoms with E-state index in [2.05, 4.69) is 15.3 Å². The van der Waals surface area contributed by atoms with Gasteiger partial charge in [0.05, 0.1) is 6.61 Å². The van der Waals surface area contributed by atoms with Gasteiger partial charge in [-0.15, -0.1) is 0 Å². The minimum atomic E-state index is -1.30. The first-order valence-corrected chi connectivity index (χ1v) is 9.18. The standard InChI is InChI=1S/C19H22N4O5/c24-10-13-15(26)16(27)18(28-13)23-17-14(12(25)7-4-8-20-17)22-19(23)21-9-11-5-2-1-3-6-11/h1-3,5-6,8,13,15-16,18,24,26-27H,4,7,9-10H2,(H,21,22)/t13-,15-,16-,18-/m1/s1. The Morgan fingerprint density at radius 1 is 1.21 bits per heavy atom. The van der Waals surface area contributed by atoms with E-state index in [0.29, 0.717) is 25.3 Å². The molecule has 0 saturated carbocycles. The zero-order valence-corrected chi connectivity index (χ0v) is 15.1. The predicted molar refractivity (Wildman–Crippen MR) is 101 cm³/mol. The number of carbonyl (C=O) groups is 1. The highest BCUT2D eigenvalue weighted by Gasteiger charge is 2.45. The van der Waals surface area contributed by atoms with Crippen molar-refractivity contribution in [2.45, 2.75) is 43.9 Å². The van der Waals surface area contributed by atoms with Crippen LogP contribution in [0.25, 0.3) is 0 Å². The first-order valence-electron chi connectivity index (χ1n) is 9.18. The Bertz CT molecular complexity index is 882. The van der Waals surface area contributed by atoms with Crippen LogP contribution in [0, 0.1) is 0 Å². The lowest BCUT2D eigenvalue weighted by Crippen LogP contribution is -2.33. The van der Waals surface area contributed by atoms with Gasteiger partial charge in [0.15, 0.2) is 23.5 Å². The molecular weight excluding hydrogens is 364 g/mol. The molecule has 1 saturated heterocycles. The van der Waals surface area contributed by atoms with Gasteiger partial charge in [-0.05, 0) is 12.0 Å². The molecule has 0 unspecified atom stereocenters. The maximum Gasteiger partial charge on any atom is 0.207 e. The highest BCUT2D eigenvalue weighted by Crippen LogP contribution is 2.38. The number of Topliss-reactive ketones (excluding diaryl/α,β-unsaturated/α-hetero) is 1. The third-order valence-electron chi connectivity index (χ3n) is 4.93. The summed E-state index contributed by atoms with van der Waals surface area (Å²) < 4.78 is 7.15. The van der Waals surface area contributed by atoms with Crippen LogP contribution in [-0.2, 0) is 11.3 Å². The summed E-state index contributed by atoms with van der Waals surface area (Å²) in [6.07, 6.45) is -2.12. The Labute approximate surface area is 161 Å². The summed E-state index contributed by atoms with van der Waals surface area (Å²) in [5.74, 6) is 0.421. The fourth-order valence-corrected chi connectivity index (χ4v) is 3.44. The number of aliphatic imine (C=N–C) groups is 1. The molecule has 9 heteroatoms. The molecule has 2 aliphatic heterocycles. The number of imidazole rings is 1. The van der Waals surface area contributed by atoms with Gasteiger partial charge in [0, 0.05) is 19.2 Å². The highest BCUT2D eigenvalue weighted by molar-refractivity contribution is 6.01. The first kappa shape index (κ1) is 18.8. The van der Waals surface area contributed by atoms with Gasteiger partial charge >= 0.3 is 0 Å². The molecule has 0 amide bonds. The molecule has 4 rings (SSSR count). The number of aliphatic hydroxyl groups is 3. The number of fused-ring (bicyclic) bond motifs is 1. The fourth-order valence-electron chi connectivity index (χ4n) is 3.44. The Hall–Kier alpha value is -2.59. The van der Waals surface area contributed by atoms with Crippen LogP contribution in [0.2, 0.25) is 0 Å². The highest BCUT2D eigenvalue weighted by atomic mass is 16.6. The number of nitrogens with one attached hydrogen (secondary N) is 1. The number of nitrogens with zero attached hydrogens (tertiary/aromatic N) is 3. The van der Waals surface area contributed by atoms with Gasteiger partial charge in [-0.2, -0.15) is 0 Å². The number of aromatic nitrogens is 2. The lowest BCUT2D eigenvalue weighted by molar-refractivity contribution is -0.0510. The van der Waals surface area contributed by atoms with Crippen LogP contribution >= 0.6 is 0 Å². The monoisotopic (exact) mass is 386 g/mol. The average Bonchev–Trinajstić information content (AvgIpc) is 3.14. The van der Waals surface area contributed by atoms with Crippen LogP contribution in [0.5, 0.6) is 0 Å². The second-order valence-corrected chi connectivity index (χ2v) is 6.82. The van der Waals surface area contributed by atoms with Crippen molar-refractivity contribution >= 4 is 23.8 Å². The number of rotatable bonds is 5. The average molecular weight is 386 g/mol. The van der Waals surface area contributed by atoms with E-state index in [1.807, 2.05) is 30.3 Å². The Kier molecular flexibility index (Phi) is 5.23. The summed E-state index contributed by atoms with van der Waals surface area (Å²) in [6, 6.07) is 9.64. The van der Waals surface area contributed by atoms with Gasteiger partial charge in [-0.25, -0.2) is 9.98 Å². The topological polar surface area (TPSA) is 129 Å². The summed E-state index contributed by atoms with van der Waals surface area (Å²) in [5, 5.41) is 33.2. The first-order chi connectivity index (χ1) is 13.6. The summed E-state index contributed by atoms with van der Waals surface area (Å²) in [4.78, 5) is 21.2. The van der Waals surface area contributed by atoms with Gasteiger partial charge in [0.2, 0.25) is 5.95 Å². The van der Waals surface area contributed by atoms with E-state index in [0.717, 1.165) is 5.56 Å². The van der Waals surface area contributed by atoms with Crippen LogP contribution in [0.4, 0.5) is 11.8 Å². The number of ether oxygens (including phenoxy) is 1. The fraction of sp³-hybridized carbons (Fsp3) is 0.421. The van der Waals surface area contributed by atoms with Gasteiger partial charge < -0.3 is 25.4 Å². The Morgan fingerprint density at radius 2 is 2.00 bits per heavy atom. The van der Waals surface area contributed by atoms with Crippen molar-refractivity contribution in [1.82, 2.24) is 9.55 Å². The molecule has 1 aromatic heterocycles. The lowest BCUT2D eigenvalue weighted by Gasteiger charge is -2.20. The van der Waals surface area contributed by atoms with Crippen molar-refractivity contribution in [2.24, 2.45) is 4.99 Å². The molecule has 3 heterocycles. The summed E-state index contributed by atoms with van der Waals surface area (Å²) in [7, 11) is 0. The zero-order chi connectivity index (χ0) is 19.7. The van der Waals surface area contributed by atoms with Gasteiger partial charge in [0.1, 0.15) is 18.3 Å². The van der Waals surface area contributed by atoms with Crippen molar-refractivity contribution in [2.75, 3.05) is 11.9 Å². The summed E-state index contributed by atoms with van der Waals surface area (Å²) >= 11 is 0. The van der Waals surface area contributed by atoms with Crippen LogP contribution < -0.4 is 5.32 Å². The molecule has 1 fully saturated rings. The normalized spacial score (nSPS) is 26.9. The molecule has 28 heavy (non-hydrogen) atoms. The van der Waals surface area contributed by atoms with Crippen molar-refractivity contribution < 1.29 is 24.9 Å². The largest absolute Gasteiger partial charge is 0.394 e. The summed E-state index contributed by atoms with van der Waals surface area (Å²) in [6.45, 7) is -0.00990. The van der Waals surface area contributed by atoms with Crippen LogP contribution in [0.1, 0.15) is 35.1 Å². The van der Waals surface area contributed by atoms with E-state index in [1.54, 1.807) is 6.21 Å². The molecule has 9 nitrogen and oxygen atoms in total. The van der Waals surface area contributed by atoms with Gasteiger partial charge in [-0.3, -0.25) is 9.36 Å². The van der Waals surface area contributed by atoms with Crippen molar-refractivity contribution in [3.63, 3.8) is 0 Å². The number of hydrogen-bond donors (Lipinski definition) is 4. The van der Waals surface area contributed by atoms with E-state index in [-0.39, 0.29) is 17.3 Å². The molecule has 1 aromatic carbocycles. The molecular formula is C19H22N4O5. The number of hydrogen-bond acceptors (Lipinski definition) is 8. The molecule has 2 aromatic rings. The van der Waals surface area contributed by atoms with Gasteiger partial charge in [-0.1, -0.05) is 30.3 Å². The van der Waals surface area contributed by atoms with E-state index < -0.39 is 31.1 Å². The number of carbonyl (C=O) groups excluding carboxylic acids is 1. The summed E-state index contributed by atoms with van der Waals surface area (Å²) in [5.41, 5.74) is 1.20. The second kappa shape index (κ2) is 7.80. The Balaban J connectivity index is 1.73. The maximum absolute atomic E-state index is 12.5. The molecule has 0 spiro atoms. The minimum Gasteiger partial charge on any atom is -0.394 e. The number of anilines is 1. The van der Waals surface area contributed by atoms with Gasteiger partial charge in [0.25, 0.3) is 0 Å². The van der Waals surface area contributed by atoms with Crippen molar-refractivity contribution in [3.05, 3.63) is 41.6 Å². The lowest BCUT2D eigenvalue weighted by atomic mass is 10.1. The second-order valence-electron chi connectivity index (χ2n) is 6.82. The van der Waals surface area contributed by atoms with E-state index >= 15 is 0 Å². The SMILES string of the molecule is O=C1CCC=Nc2c1nc(NCc1ccccc1)n2[C@@H]1O[C@H](CO)[C@@H](O)[C@H]1O. The van der Waals surface area contributed by atoms with E-state index in [9.17, 15) is 20.1 Å². The molecule has 4 N–H and O–H groups in total. The van der Waals surface area contributed by atoms with E-state index in [4.69, 9.17) is 4.74 Å². The number of ketones is 1. The number of aliphatic hydroxyl groups excluding tert-OH is 3. The smallest absolute Gasteiger partial charge is 0.207 e. The minimum absolute atomic E-state index is 0.152.